The Morgan fingerprint density at radius 2 is 1.68 bits per heavy atom. The van der Waals surface area contributed by atoms with Crippen LogP contribution in [0.1, 0.15) is 43.4 Å². The number of nitrogens with one attached hydrogen (secondary N) is 1. The fourth-order valence-corrected chi connectivity index (χ4v) is 2.63. The number of rotatable bonds is 7. The Bertz CT molecular complexity index is 468. The topological polar surface area (TPSA) is 64.3 Å². The van der Waals surface area contributed by atoms with Crippen molar-refractivity contribution in [3.63, 3.8) is 0 Å². The third-order valence-electron chi connectivity index (χ3n) is 4.10. The number of carbonyl (C=O) groups excluding carboxylic acids is 1. The van der Waals surface area contributed by atoms with Gasteiger partial charge in [-0.1, -0.05) is 31.5 Å². The number of halogens is 1. The molecule has 5 heteroatoms. The zero-order valence-electron chi connectivity index (χ0n) is 14.3. The van der Waals surface area contributed by atoms with Gasteiger partial charge in [-0.05, 0) is 44.7 Å². The number of benzene rings is 1. The number of hydrogen-bond donors (Lipinski definition) is 2. The van der Waals surface area contributed by atoms with Gasteiger partial charge in [-0.3, -0.25) is 4.79 Å². The average Bonchev–Trinajstić information content (AvgIpc) is 2.43. The molecule has 22 heavy (non-hydrogen) atoms. The van der Waals surface area contributed by atoms with E-state index in [4.69, 9.17) is 10.5 Å². The van der Waals surface area contributed by atoms with Crippen molar-refractivity contribution in [3.05, 3.63) is 28.8 Å². The molecule has 0 aliphatic rings. The van der Waals surface area contributed by atoms with Gasteiger partial charge >= 0.3 is 0 Å². The SMILES string of the molecule is CCC(CC)(CN)NC(=O)COc1c(C)cc(C)cc1C.Cl. The maximum Gasteiger partial charge on any atom is 0.258 e. The van der Waals surface area contributed by atoms with Crippen LogP contribution >= 0.6 is 12.4 Å². The molecule has 0 atom stereocenters. The minimum absolute atomic E-state index is 0. The number of carbonyl (C=O) groups is 1. The zero-order chi connectivity index (χ0) is 16.0. The highest BCUT2D eigenvalue weighted by Crippen LogP contribution is 2.24. The lowest BCUT2D eigenvalue weighted by Gasteiger charge is -2.31. The van der Waals surface area contributed by atoms with E-state index < -0.39 is 0 Å². The van der Waals surface area contributed by atoms with Gasteiger partial charge in [0.1, 0.15) is 5.75 Å². The Kier molecular flexibility index (Phi) is 8.49. The van der Waals surface area contributed by atoms with E-state index in [1.807, 2.05) is 27.7 Å². The van der Waals surface area contributed by atoms with Crippen LogP contribution in [-0.2, 0) is 4.79 Å². The number of amides is 1. The molecule has 0 bridgehead atoms. The van der Waals surface area contributed by atoms with Crippen molar-refractivity contribution >= 4 is 18.3 Å². The van der Waals surface area contributed by atoms with Gasteiger partial charge in [0.25, 0.3) is 5.91 Å². The number of ether oxygens (including phenoxy) is 1. The van der Waals surface area contributed by atoms with E-state index >= 15 is 0 Å². The molecule has 0 heterocycles. The average molecular weight is 329 g/mol. The Morgan fingerprint density at radius 3 is 2.09 bits per heavy atom. The van der Waals surface area contributed by atoms with Gasteiger partial charge < -0.3 is 15.8 Å². The first-order valence-electron chi connectivity index (χ1n) is 7.59. The van der Waals surface area contributed by atoms with Gasteiger partial charge in [-0.2, -0.15) is 0 Å². The fraction of sp³-hybridized carbons (Fsp3) is 0.588. The molecule has 1 amide bonds. The van der Waals surface area contributed by atoms with Crippen molar-refractivity contribution in [2.45, 2.75) is 53.0 Å². The predicted molar refractivity (Wildman–Crippen MR) is 93.9 cm³/mol. The van der Waals surface area contributed by atoms with Crippen LogP contribution in [0.25, 0.3) is 0 Å². The molecule has 1 aromatic carbocycles. The summed E-state index contributed by atoms with van der Waals surface area (Å²) in [5.41, 5.74) is 8.77. The molecule has 4 nitrogen and oxygen atoms in total. The molecule has 0 aromatic heterocycles. The molecule has 0 unspecified atom stereocenters. The lowest BCUT2D eigenvalue weighted by atomic mass is 9.93. The van der Waals surface area contributed by atoms with Crippen LogP contribution < -0.4 is 15.8 Å². The smallest absolute Gasteiger partial charge is 0.258 e. The monoisotopic (exact) mass is 328 g/mol. The molecule has 0 aliphatic carbocycles. The highest BCUT2D eigenvalue weighted by Gasteiger charge is 2.26. The Labute approximate surface area is 140 Å². The van der Waals surface area contributed by atoms with Crippen molar-refractivity contribution in [2.75, 3.05) is 13.2 Å². The van der Waals surface area contributed by atoms with Crippen molar-refractivity contribution in [1.82, 2.24) is 5.32 Å². The lowest BCUT2D eigenvalue weighted by Crippen LogP contribution is -2.54. The molecule has 0 fully saturated rings. The minimum atomic E-state index is -0.322. The van der Waals surface area contributed by atoms with E-state index in [9.17, 15) is 4.79 Å². The largest absolute Gasteiger partial charge is 0.483 e. The quantitative estimate of drug-likeness (QED) is 0.808. The number of aryl methyl sites for hydroxylation is 3. The summed E-state index contributed by atoms with van der Waals surface area (Å²) in [6.07, 6.45) is 1.63. The van der Waals surface area contributed by atoms with Crippen LogP contribution in [0, 0.1) is 20.8 Å². The van der Waals surface area contributed by atoms with Crippen LogP contribution in [0.3, 0.4) is 0 Å². The lowest BCUT2D eigenvalue weighted by molar-refractivity contribution is -0.125. The van der Waals surface area contributed by atoms with Crippen molar-refractivity contribution in [2.24, 2.45) is 5.73 Å². The first kappa shape index (κ1) is 20.7. The Morgan fingerprint density at radius 1 is 1.18 bits per heavy atom. The van der Waals surface area contributed by atoms with E-state index in [1.165, 1.54) is 5.56 Å². The second kappa shape index (κ2) is 9.01. The summed E-state index contributed by atoms with van der Waals surface area (Å²) in [5, 5.41) is 3.01. The second-order valence-corrected chi connectivity index (χ2v) is 5.76. The molecule has 1 aromatic rings. The Hall–Kier alpha value is -1.26. The number of nitrogens with two attached hydrogens (primary N) is 1. The molecule has 126 valence electrons. The maximum absolute atomic E-state index is 12.1. The van der Waals surface area contributed by atoms with Crippen molar-refractivity contribution in [1.29, 1.82) is 0 Å². The number of hydrogen-bond acceptors (Lipinski definition) is 3. The van der Waals surface area contributed by atoms with Gasteiger partial charge in [0, 0.05) is 6.54 Å². The fourth-order valence-electron chi connectivity index (χ4n) is 2.63. The van der Waals surface area contributed by atoms with Crippen LogP contribution in [0.2, 0.25) is 0 Å². The van der Waals surface area contributed by atoms with Crippen molar-refractivity contribution < 1.29 is 9.53 Å². The zero-order valence-corrected chi connectivity index (χ0v) is 15.1. The molecule has 1 rings (SSSR count). The second-order valence-electron chi connectivity index (χ2n) is 5.76. The van der Waals surface area contributed by atoms with E-state index in [0.717, 1.165) is 29.7 Å². The van der Waals surface area contributed by atoms with Crippen LogP contribution in [-0.4, -0.2) is 24.6 Å². The molecule has 0 saturated heterocycles. The van der Waals surface area contributed by atoms with E-state index in [0.29, 0.717) is 6.54 Å². The molecule has 0 saturated carbocycles. The summed E-state index contributed by atoms with van der Waals surface area (Å²) in [7, 11) is 0. The molecular formula is C17H29ClN2O2. The Balaban J connectivity index is 0.00000441. The van der Waals surface area contributed by atoms with Crippen LogP contribution in [0.5, 0.6) is 5.75 Å². The first-order valence-corrected chi connectivity index (χ1v) is 7.59. The first-order chi connectivity index (χ1) is 9.87. The maximum atomic E-state index is 12.1. The van der Waals surface area contributed by atoms with E-state index in [1.54, 1.807) is 0 Å². The van der Waals surface area contributed by atoms with E-state index in [2.05, 4.69) is 24.4 Å². The summed E-state index contributed by atoms with van der Waals surface area (Å²) in [6, 6.07) is 4.12. The highest BCUT2D eigenvalue weighted by atomic mass is 35.5. The molecule has 0 spiro atoms. The standard InChI is InChI=1S/C17H28N2O2.ClH/c1-6-17(7-2,11-18)19-15(20)10-21-16-13(4)8-12(3)9-14(16)5;/h8-9H,6-7,10-11,18H2,1-5H3,(H,19,20);1H. The van der Waals surface area contributed by atoms with Crippen LogP contribution in [0.15, 0.2) is 12.1 Å². The molecule has 0 aliphatic heterocycles. The normalized spacial score (nSPS) is 10.8. The summed E-state index contributed by atoms with van der Waals surface area (Å²) in [6.45, 7) is 10.6. The predicted octanol–water partition coefficient (Wildman–Crippen LogP) is 3.05. The third-order valence-corrected chi connectivity index (χ3v) is 4.10. The third kappa shape index (κ3) is 5.18. The highest BCUT2D eigenvalue weighted by molar-refractivity contribution is 5.85. The van der Waals surface area contributed by atoms with Gasteiger partial charge in [0.15, 0.2) is 6.61 Å². The van der Waals surface area contributed by atoms with Gasteiger partial charge in [0.2, 0.25) is 0 Å². The summed E-state index contributed by atoms with van der Waals surface area (Å²) in [5.74, 6) is 0.672. The summed E-state index contributed by atoms with van der Waals surface area (Å²) >= 11 is 0. The van der Waals surface area contributed by atoms with Gasteiger partial charge in [-0.15, -0.1) is 12.4 Å². The molecular weight excluding hydrogens is 300 g/mol. The van der Waals surface area contributed by atoms with Crippen LogP contribution in [0.4, 0.5) is 0 Å². The van der Waals surface area contributed by atoms with Gasteiger partial charge in [0.05, 0.1) is 5.54 Å². The molecule has 3 N–H and O–H groups in total. The molecule has 0 radical (unpaired) electrons. The minimum Gasteiger partial charge on any atom is -0.483 e. The van der Waals surface area contributed by atoms with Gasteiger partial charge in [-0.25, -0.2) is 0 Å². The summed E-state index contributed by atoms with van der Waals surface area (Å²) in [4.78, 5) is 12.1. The van der Waals surface area contributed by atoms with E-state index in [-0.39, 0.29) is 30.5 Å². The van der Waals surface area contributed by atoms with Crippen molar-refractivity contribution in [3.8, 4) is 5.75 Å². The summed E-state index contributed by atoms with van der Waals surface area (Å²) < 4.78 is 5.71.